The highest BCUT2D eigenvalue weighted by atomic mass is 16.5. The zero-order valence-electron chi connectivity index (χ0n) is 13.2. The van der Waals surface area contributed by atoms with E-state index in [1.807, 2.05) is 48.5 Å². The molecular formula is C18H22N2O3. The molecule has 0 radical (unpaired) electrons. The predicted octanol–water partition coefficient (Wildman–Crippen LogP) is 2.41. The van der Waals surface area contributed by atoms with Gasteiger partial charge >= 0.3 is 0 Å². The van der Waals surface area contributed by atoms with E-state index in [9.17, 15) is 4.79 Å². The molecule has 2 aromatic rings. The van der Waals surface area contributed by atoms with Gasteiger partial charge in [0.25, 0.3) is 0 Å². The number of nitrogens with two attached hydrogens (primary N) is 1. The smallest absolute Gasteiger partial charge is 0.220 e. The van der Waals surface area contributed by atoms with Crippen molar-refractivity contribution < 1.29 is 14.3 Å². The van der Waals surface area contributed by atoms with Gasteiger partial charge < -0.3 is 20.5 Å². The number of nitrogens with one attached hydrogen (secondary N) is 1. The minimum absolute atomic E-state index is 0.0157. The second-order valence-electron chi connectivity index (χ2n) is 5.06. The van der Waals surface area contributed by atoms with Crippen molar-refractivity contribution >= 4 is 11.6 Å². The van der Waals surface area contributed by atoms with E-state index in [1.165, 1.54) is 0 Å². The Balaban J connectivity index is 1.78. The summed E-state index contributed by atoms with van der Waals surface area (Å²) in [4.78, 5) is 11.2. The molecule has 0 aromatic heterocycles. The molecule has 1 amide bonds. The first-order valence-electron chi connectivity index (χ1n) is 7.58. The number of para-hydroxylation sites is 1. The van der Waals surface area contributed by atoms with Gasteiger partial charge in [0.05, 0.1) is 5.69 Å². The van der Waals surface area contributed by atoms with E-state index in [2.05, 4.69) is 5.32 Å². The maximum absolute atomic E-state index is 11.2. The Hall–Kier alpha value is -2.69. The van der Waals surface area contributed by atoms with Crippen LogP contribution in [0, 0.1) is 0 Å². The maximum Gasteiger partial charge on any atom is 0.220 e. The number of carbonyl (C=O) groups is 1. The van der Waals surface area contributed by atoms with Gasteiger partial charge in [-0.15, -0.1) is 0 Å². The zero-order chi connectivity index (χ0) is 16.5. The fraction of sp³-hybridized carbons (Fsp3) is 0.278. The van der Waals surface area contributed by atoms with Crippen molar-refractivity contribution in [3.8, 4) is 11.5 Å². The monoisotopic (exact) mass is 314 g/mol. The lowest BCUT2D eigenvalue weighted by Crippen LogP contribution is -2.17. The maximum atomic E-state index is 11.2. The summed E-state index contributed by atoms with van der Waals surface area (Å²) in [5.74, 6) is 1.46. The minimum Gasteiger partial charge on any atom is -0.490 e. The number of anilines is 1. The summed E-state index contributed by atoms with van der Waals surface area (Å²) in [7, 11) is 1.63. The number of amides is 1. The Morgan fingerprint density at radius 2 is 1.83 bits per heavy atom. The minimum atomic E-state index is 0.0157. The van der Waals surface area contributed by atoms with E-state index in [4.69, 9.17) is 15.2 Å². The molecule has 23 heavy (non-hydrogen) atoms. The molecule has 3 N–H and O–H groups in total. The topological polar surface area (TPSA) is 73.6 Å². The molecule has 0 fully saturated rings. The van der Waals surface area contributed by atoms with Crippen LogP contribution in [0.5, 0.6) is 11.5 Å². The van der Waals surface area contributed by atoms with Crippen LogP contribution in [0.4, 0.5) is 5.69 Å². The molecule has 0 bridgehead atoms. The quantitative estimate of drug-likeness (QED) is 0.580. The number of hydrogen-bond acceptors (Lipinski definition) is 4. The lowest BCUT2D eigenvalue weighted by molar-refractivity contribution is -0.120. The number of ether oxygens (including phenoxy) is 2. The molecule has 2 rings (SSSR count). The predicted molar refractivity (Wildman–Crippen MR) is 90.7 cm³/mol. The van der Waals surface area contributed by atoms with E-state index in [1.54, 1.807) is 7.05 Å². The number of rotatable bonds is 8. The van der Waals surface area contributed by atoms with Crippen LogP contribution in [0.1, 0.15) is 12.0 Å². The molecule has 2 aromatic carbocycles. The van der Waals surface area contributed by atoms with Crippen LogP contribution in [-0.2, 0) is 11.2 Å². The van der Waals surface area contributed by atoms with Crippen LogP contribution in [0.25, 0.3) is 0 Å². The summed E-state index contributed by atoms with van der Waals surface area (Å²) in [6.45, 7) is 0.860. The van der Waals surface area contributed by atoms with Crippen LogP contribution >= 0.6 is 0 Å². The molecule has 0 aliphatic heterocycles. The number of carbonyl (C=O) groups excluding carboxylic acids is 1. The average Bonchev–Trinajstić information content (AvgIpc) is 2.58. The summed E-state index contributed by atoms with van der Waals surface area (Å²) in [5, 5.41) is 2.60. The highest BCUT2D eigenvalue weighted by Gasteiger charge is 2.04. The summed E-state index contributed by atoms with van der Waals surface area (Å²) >= 11 is 0. The van der Waals surface area contributed by atoms with Gasteiger partial charge in [0.2, 0.25) is 5.91 Å². The molecule has 0 saturated heterocycles. The summed E-state index contributed by atoms with van der Waals surface area (Å²) in [6.07, 6.45) is 1.10. The second-order valence-corrected chi connectivity index (χ2v) is 5.06. The Kier molecular flexibility index (Phi) is 6.29. The lowest BCUT2D eigenvalue weighted by atomic mass is 10.1. The van der Waals surface area contributed by atoms with Gasteiger partial charge in [-0.3, -0.25) is 4.79 Å². The van der Waals surface area contributed by atoms with Gasteiger partial charge in [0.1, 0.15) is 24.7 Å². The van der Waals surface area contributed by atoms with Crippen LogP contribution < -0.4 is 20.5 Å². The molecule has 0 saturated carbocycles. The first-order chi connectivity index (χ1) is 11.2. The molecule has 0 aliphatic carbocycles. The third kappa shape index (κ3) is 5.54. The highest BCUT2D eigenvalue weighted by molar-refractivity contribution is 5.75. The second kappa shape index (κ2) is 8.68. The molecule has 0 spiro atoms. The molecule has 0 heterocycles. The standard InChI is InChI=1S/C18H22N2O3/c1-20-18(21)10-8-14-7-9-17(16(19)13-14)23-12-11-22-15-5-3-2-4-6-15/h2-7,9,13H,8,10-12,19H2,1H3,(H,20,21). The van der Waals surface area contributed by atoms with Crippen molar-refractivity contribution in [2.45, 2.75) is 12.8 Å². The van der Waals surface area contributed by atoms with Gasteiger partial charge in [-0.1, -0.05) is 24.3 Å². The summed E-state index contributed by atoms with van der Waals surface area (Å²) < 4.78 is 11.2. The number of aryl methyl sites for hydroxylation is 1. The van der Waals surface area contributed by atoms with Gasteiger partial charge in [-0.2, -0.15) is 0 Å². The lowest BCUT2D eigenvalue weighted by Gasteiger charge is -2.11. The first kappa shape index (κ1) is 16.7. The van der Waals surface area contributed by atoms with E-state index < -0.39 is 0 Å². The van der Waals surface area contributed by atoms with Gasteiger partial charge in [-0.25, -0.2) is 0 Å². The van der Waals surface area contributed by atoms with Gasteiger partial charge in [-0.05, 0) is 36.2 Å². The van der Waals surface area contributed by atoms with Crippen LogP contribution in [0.3, 0.4) is 0 Å². The summed E-state index contributed by atoms with van der Waals surface area (Å²) in [6, 6.07) is 15.2. The third-order valence-electron chi connectivity index (χ3n) is 3.35. The van der Waals surface area contributed by atoms with E-state index in [0.717, 1.165) is 11.3 Å². The van der Waals surface area contributed by atoms with Crippen molar-refractivity contribution in [3.05, 3.63) is 54.1 Å². The largest absolute Gasteiger partial charge is 0.490 e. The molecule has 0 aliphatic rings. The Bertz CT molecular complexity index is 629. The van der Waals surface area contributed by atoms with E-state index in [0.29, 0.717) is 37.5 Å². The summed E-state index contributed by atoms with van der Waals surface area (Å²) in [5.41, 5.74) is 7.57. The molecule has 0 atom stereocenters. The van der Waals surface area contributed by atoms with E-state index >= 15 is 0 Å². The number of hydrogen-bond donors (Lipinski definition) is 2. The molecule has 122 valence electrons. The van der Waals surface area contributed by atoms with Crippen LogP contribution in [0.15, 0.2) is 48.5 Å². The van der Waals surface area contributed by atoms with Crippen molar-refractivity contribution in [2.75, 3.05) is 26.0 Å². The molecular weight excluding hydrogens is 292 g/mol. The Morgan fingerprint density at radius 1 is 1.09 bits per heavy atom. The van der Waals surface area contributed by atoms with Crippen molar-refractivity contribution in [1.29, 1.82) is 0 Å². The van der Waals surface area contributed by atoms with E-state index in [-0.39, 0.29) is 5.91 Å². The van der Waals surface area contributed by atoms with Crippen molar-refractivity contribution in [3.63, 3.8) is 0 Å². The van der Waals surface area contributed by atoms with Gasteiger partial charge in [0.15, 0.2) is 0 Å². The number of benzene rings is 2. The highest BCUT2D eigenvalue weighted by Crippen LogP contribution is 2.23. The molecule has 5 heteroatoms. The Labute approximate surface area is 136 Å². The average molecular weight is 314 g/mol. The normalized spacial score (nSPS) is 10.1. The van der Waals surface area contributed by atoms with Crippen molar-refractivity contribution in [1.82, 2.24) is 5.32 Å². The zero-order valence-corrected chi connectivity index (χ0v) is 13.2. The third-order valence-corrected chi connectivity index (χ3v) is 3.35. The van der Waals surface area contributed by atoms with Crippen LogP contribution in [0.2, 0.25) is 0 Å². The fourth-order valence-corrected chi connectivity index (χ4v) is 2.10. The SMILES string of the molecule is CNC(=O)CCc1ccc(OCCOc2ccccc2)c(N)c1. The fourth-order valence-electron chi connectivity index (χ4n) is 2.10. The first-order valence-corrected chi connectivity index (χ1v) is 7.58. The number of nitrogen functional groups attached to an aromatic ring is 1. The molecule has 5 nitrogen and oxygen atoms in total. The van der Waals surface area contributed by atoms with Crippen LogP contribution in [-0.4, -0.2) is 26.2 Å². The Morgan fingerprint density at radius 3 is 2.52 bits per heavy atom. The van der Waals surface area contributed by atoms with Gasteiger partial charge in [0, 0.05) is 13.5 Å². The van der Waals surface area contributed by atoms with Crippen molar-refractivity contribution in [2.24, 2.45) is 0 Å². The molecule has 0 unspecified atom stereocenters.